The van der Waals surface area contributed by atoms with Crippen LogP contribution in [0, 0.1) is 0 Å². The fourth-order valence-electron chi connectivity index (χ4n) is 3.28. The van der Waals surface area contributed by atoms with Crippen molar-refractivity contribution in [1.29, 1.82) is 0 Å². The van der Waals surface area contributed by atoms with Gasteiger partial charge in [0.2, 0.25) is 11.8 Å². The van der Waals surface area contributed by atoms with Crippen molar-refractivity contribution < 1.29 is 9.15 Å². The van der Waals surface area contributed by atoms with Crippen LogP contribution in [0.3, 0.4) is 0 Å². The smallest absolute Gasteiger partial charge is 0.226 e. The van der Waals surface area contributed by atoms with E-state index in [9.17, 15) is 0 Å². The second-order valence-electron chi connectivity index (χ2n) is 6.83. The van der Waals surface area contributed by atoms with E-state index in [4.69, 9.17) is 9.15 Å². The molecular weight excluding hydrogens is 442 g/mol. The van der Waals surface area contributed by atoms with Crippen molar-refractivity contribution in [2.75, 3.05) is 7.11 Å². The van der Waals surface area contributed by atoms with Crippen LogP contribution in [0.2, 0.25) is 0 Å². The fourth-order valence-corrected chi connectivity index (χ4v) is 4.76. The van der Waals surface area contributed by atoms with Gasteiger partial charge in [-0.05, 0) is 29.1 Å². The fraction of sp³-hybridized carbons (Fsp3) is 0.130. The summed E-state index contributed by atoms with van der Waals surface area (Å²) in [5.74, 6) is 3.14. The molecule has 32 heavy (non-hydrogen) atoms. The number of methoxy groups -OCH3 is 1. The number of thioether (sulfide) groups is 1. The Kier molecular flexibility index (Phi) is 6.00. The summed E-state index contributed by atoms with van der Waals surface area (Å²) < 4.78 is 13.5. The lowest BCUT2D eigenvalue weighted by atomic mass is 10.2. The summed E-state index contributed by atoms with van der Waals surface area (Å²) >= 11 is 3.11. The van der Waals surface area contributed by atoms with Crippen LogP contribution in [-0.2, 0) is 12.2 Å². The van der Waals surface area contributed by atoms with E-state index >= 15 is 0 Å². The normalized spacial score (nSPS) is 11.0. The molecule has 0 N–H and O–H groups in total. The summed E-state index contributed by atoms with van der Waals surface area (Å²) in [5.41, 5.74) is 2.01. The lowest BCUT2D eigenvalue weighted by molar-refractivity contribution is 0.412. The Hall–Kier alpha value is -3.43. The van der Waals surface area contributed by atoms with Gasteiger partial charge in [0.1, 0.15) is 5.75 Å². The summed E-state index contributed by atoms with van der Waals surface area (Å²) in [5, 5.41) is 20.1. The number of hydrogen-bond acceptors (Lipinski definition) is 8. The molecule has 2 aromatic carbocycles. The number of para-hydroxylation sites is 2. The first-order valence-electron chi connectivity index (χ1n) is 9.92. The molecule has 5 rings (SSSR count). The molecular formula is C23H19N5O2S2. The van der Waals surface area contributed by atoms with E-state index in [2.05, 4.69) is 20.4 Å². The molecule has 0 unspecified atom stereocenters. The SMILES string of the molecule is COc1ccccc1-n1c(SCc2nnc(Cc3ccccc3)o2)nnc1-c1cccs1. The molecule has 0 radical (unpaired) electrons. The third-order valence-corrected chi connectivity index (χ3v) is 6.51. The first-order valence-corrected chi connectivity index (χ1v) is 11.8. The molecule has 0 bridgehead atoms. The van der Waals surface area contributed by atoms with Gasteiger partial charge in [-0.1, -0.05) is 60.3 Å². The van der Waals surface area contributed by atoms with E-state index < -0.39 is 0 Å². The topological polar surface area (TPSA) is 78.9 Å². The maximum atomic E-state index is 5.86. The van der Waals surface area contributed by atoms with Gasteiger partial charge in [0.05, 0.1) is 29.8 Å². The van der Waals surface area contributed by atoms with E-state index in [0.717, 1.165) is 32.9 Å². The summed E-state index contributed by atoms with van der Waals surface area (Å²) in [4.78, 5) is 1.03. The Balaban J connectivity index is 1.41. The summed E-state index contributed by atoms with van der Waals surface area (Å²) in [6.07, 6.45) is 0.610. The van der Waals surface area contributed by atoms with Crippen LogP contribution in [0.25, 0.3) is 16.4 Å². The van der Waals surface area contributed by atoms with Crippen LogP contribution in [0.15, 0.2) is 81.7 Å². The van der Waals surface area contributed by atoms with Crippen LogP contribution < -0.4 is 4.74 Å². The molecule has 0 saturated heterocycles. The largest absolute Gasteiger partial charge is 0.495 e. The van der Waals surface area contributed by atoms with E-state index in [1.54, 1.807) is 18.4 Å². The predicted octanol–water partition coefficient (Wildman–Crippen LogP) is 5.27. The molecule has 0 fully saturated rings. The van der Waals surface area contributed by atoms with Gasteiger partial charge in [0.25, 0.3) is 0 Å². The molecule has 160 valence electrons. The van der Waals surface area contributed by atoms with Gasteiger partial charge < -0.3 is 9.15 Å². The van der Waals surface area contributed by atoms with Gasteiger partial charge in [0, 0.05) is 0 Å². The van der Waals surface area contributed by atoms with Gasteiger partial charge in [0.15, 0.2) is 11.0 Å². The quantitative estimate of drug-likeness (QED) is 0.291. The number of ether oxygens (including phenoxy) is 1. The highest BCUT2D eigenvalue weighted by molar-refractivity contribution is 7.98. The second kappa shape index (κ2) is 9.37. The van der Waals surface area contributed by atoms with Crippen molar-refractivity contribution >= 4 is 23.1 Å². The number of nitrogens with zero attached hydrogens (tertiary/aromatic N) is 5. The average molecular weight is 462 g/mol. The number of benzene rings is 2. The maximum absolute atomic E-state index is 5.86. The highest BCUT2D eigenvalue weighted by atomic mass is 32.2. The van der Waals surface area contributed by atoms with Crippen molar-refractivity contribution in [3.05, 3.63) is 89.5 Å². The van der Waals surface area contributed by atoms with Crippen LogP contribution in [0.1, 0.15) is 17.3 Å². The van der Waals surface area contributed by atoms with Crippen LogP contribution in [0.4, 0.5) is 0 Å². The highest BCUT2D eigenvalue weighted by Gasteiger charge is 2.20. The molecule has 3 aromatic heterocycles. The standard InChI is InChI=1S/C23H19N5O2S2/c1-29-18-11-6-5-10-17(18)28-22(19-12-7-13-31-19)26-27-23(28)32-15-21-25-24-20(30-21)14-16-8-3-2-4-9-16/h2-13H,14-15H2,1H3. The molecule has 9 heteroatoms. The van der Waals surface area contributed by atoms with Gasteiger partial charge in [-0.15, -0.1) is 31.7 Å². The zero-order valence-corrected chi connectivity index (χ0v) is 18.8. The molecule has 0 atom stereocenters. The summed E-state index contributed by atoms with van der Waals surface area (Å²) in [7, 11) is 1.66. The summed E-state index contributed by atoms with van der Waals surface area (Å²) in [6.45, 7) is 0. The Morgan fingerprint density at radius 1 is 0.906 bits per heavy atom. The molecule has 0 aliphatic heterocycles. The first kappa shape index (κ1) is 20.5. The van der Waals surface area contributed by atoms with Crippen molar-refractivity contribution in [2.45, 2.75) is 17.3 Å². The summed E-state index contributed by atoms with van der Waals surface area (Å²) in [6, 6.07) is 21.9. The van der Waals surface area contributed by atoms with Crippen molar-refractivity contribution in [2.24, 2.45) is 0 Å². The molecule has 0 aliphatic rings. The molecule has 5 aromatic rings. The number of rotatable bonds is 8. The zero-order chi connectivity index (χ0) is 21.8. The minimum absolute atomic E-state index is 0.486. The third-order valence-electron chi connectivity index (χ3n) is 4.73. The van der Waals surface area contributed by atoms with Gasteiger partial charge >= 0.3 is 0 Å². The number of thiophene rings is 1. The highest BCUT2D eigenvalue weighted by Crippen LogP contribution is 2.34. The molecule has 0 aliphatic carbocycles. The minimum Gasteiger partial charge on any atom is -0.495 e. The van der Waals surface area contributed by atoms with Gasteiger partial charge in [-0.3, -0.25) is 4.57 Å². The van der Waals surface area contributed by atoms with E-state index in [-0.39, 0.29) is 0 Å². The van der Waals surface area contributed by atoms with Gasteiger partial charge in [-0.2, -0.15) is 0 Å². The Morgan fingerprint density at radius 3 is 2.53 bits per heavy atom. The molecule has 0 spiro atoms. The molecule has 0 saturated carbocycles. The minimum atomic E-state index is 0.486. The molecule has 7 nitrogen and oxygen atoms in total. The molecule has 3 heterocycles. The van der Waals surface area contributed by atoms with Crippen molar-refractivity contribution in [3.63, 3.8) is 0 Å². The first-order chi connectivity index (χ1) is 15.8. The Morgan fingerprint density at radius 2 is 1.72 bits per heavy atom. The van der Waals surface area contributed by atoms with E-state index in [1.165, 1.54) is 11.8 Å². The van der Waals surface area contributed by atoms with Crippen LogP contribution in [-0.4, -0.2) is 32.1 Å². The van der Waals surface area contributed by atoms with E-state index in [1.807, 2.05) is 76.7 Å². The number of hydrogen-bond donors (Lipinski definition) is 0. The number of aromatic nitrogens is 5. The second-order valence-corrected chi connectivity index (χ2v) is 8.72. The van der Waals surface area contributed by atoms with Crippen molar-refractivity contribution in [3.8, 4) is 22.1 Å². The average Bonchev–Trinajstić information content (AvgIpc) is 3.59. The van der Waals surface area contributed by atoms with E-state index in [0.29, 0.717) is 24.0 Å². The Bertz CT molecular complexity index is 1300. The third kappa shape index (κ3) is 4.30. The molecule has 0 amide bonds. The lowest BCUT2D eigenvalue weighted by Gasteiger charge is -2.12. The van der Waals surface area contributed by atoms with Crippen LogP contribution in [0.5, 0.6) is 5.75 Å². The lowest BCUT2D eigenvalue weighted by Crippen LogP contribution is -2.01. The van der Waals surface area contributed by atoms with Gasteiger partial charge in [-0.25, -0.2) is 0 Å². The monoisotopic (exact) mass is 461 g/mol. The predicted molar refractivity (Wildman–Crippen MR) is 124 cm³/mol. The van der Waals surface area contributed by atoms with Crippen LogP contribution >= 0.6 is 23.1 Å². The van der Waals surface area contributed by atoms with Crippen molar-refractivity contribution in [1.82, 2.24) is 25.0 Å². The maximum Gasteiger partial charge on any atom is 0.226 e. The zero-order valence-electron chi connectivity index (χ0n) is 17.2. The Labute approximate surface area is 193 Å².